The van der Waals surface area contributed by atoms with Crippen LogP contribution in [0.15, 0.2) is 84.0 Å². The molecule has 0 unspecified atom stereocenters. The first-order valence-corrected chi connectivity index (χ1v) is 10.1. The van der Waals surface area contributed by atoms with E-state index in [-0.39, 0.29) is 0 Å². The van der Waals surface area contributed by atoms with E-state index in [9.17, 15) is 9.59 Å². The van der Waals surface area contributed by atoms with Crippen LogP contribution in [0.5, 0.6) is 5.75 Å². The molecule has 2 N–H and O–H groups in total. The van der Waals surface area contributed by atoms with Crippen LogP contribution in [0, 0.1) is 0 Å². The van der Waals surface area contributed by atoms with Gasteiger partial charge in [-0.3, -0.25) is 9.59 Å². The molecule has 0 aliphatic carbocycles. The number of carbonyl (C=O) groups is 2. The van der Waals surface area contributed by atoms with Crippen LogP contribution in [-0.2, 0) is 22.6 Å². The van der Waals surface area contributed by atoms with E-state index in [1.165, 1.54) is 6.21 Å². The summed E-state index contributed by atoms with van der Waals surface area (Å²) in [6, 6.07) is 24.4. The number of hydrogen-bond donors (Lipinski definition) is 2. The highest BCUT2D eigenvalue weighted by molar-refractivity contribution is 6.35. The molecule has 0 atom stereocenters. The van der Waals surface area contributed by atoms with Gasteiger partial charge in [0.1, 0.15) is 12.4 Å². The molecule has 0 heterocycles. The van der Waals surface area contributed by atoms with E-state index >= 15 is 0 Å². The molecule has 0 aliphatic rings. The molecule has 0 spiro atoms. The van der Waals surface area contributed by atoms with Gasteiger partial charge in [-0.25, -0.2) is 5.43 Å². The second kappa shape index (κ2) is 11.5. The molecule has 3 rings (SSSR count). The molecular weight excluding hydrogens is 414 g/mol. The number of halogens is 1. The molecule has 0 aromatic heterocycles. The van der Waals surface area contributed by atoms with E-state index in [0.29, 0.717) is 30.3 Å². The summed E-state index contributed by atoms with van der Waals surface area (Å²) in [5, 5.41) is 7.05. The quantitative estimate of drug-likeness (QED) is 0.321. The van der Waals surface area contributed by atoms with Crippen LogP contribution in [-0.4, -0.2) is 24.6 Å². The van der Waals surface area contributed by atoms with E-state index in [2.05, 4.69) is 15.8 Å². The molecule has 2 amide bonds. The van der Waals surface area contributed by atoms with Crippen LogP contribution in [0.4, 0.5) is 0 Å². The minimum atomic E-state index is -0.816. The second-order valence-electron chi connectivity index (χ2n) is 6.64. The number of ether oxygens (including phenoxy) is 1. The van der Waals surface area contributed by atoms with Gasteiger partial charge in [-0.1, -0.05) is 60.1 Å². The molecule has 158 valence electrons. The summed E-state index contributed by atoms with van der Waals surface area (Å²) in [4.78, 5) is 23.6. The largest absolute Gasteiger partial charge is 0.489 e. The number of rotatable bonds is 8. The molecule has 0 radical (unpaired) electrons. The lowest BCUT2D eigenvalue weighted by molar-refractivity contribution is -0.139. The molecule has 31 heavy (non-hydrogen) atoms. The second-order valence-corrected chi connectivity index (χ2v) is 7.05. The Morgan fingerprint density at radius 3 is 2.35 bits per heavy atom. The third-order valence-electron chi connectivity index (χ3n) is 4.36. The zero-order valence-corrected chi connectivity index (χ0v) is 17.5. The molecule has 0 saturated carbocycles. The van der Waals surface area contributed by atoms with Gasteiger partial charge < -0.3 is 10.1 Å². The fourth-order valence-corrected chi connectivity index (χ4v) is 2.88. The van der Waals surface area contributed by atoms with Crippen molar-refractivity contribution in [2.45, 2.75) is 13.0 Å². The van der Waals surface area contributed by atoms with Gasteiger partial charge in [0, 0.05) is 17.1 Å². The van der Waals surface area contributed by atoms with Crippen molar-refractivity contribution in [3.63, 3.8) is 0 Å². The Bertz CT molecular complexity index is 1040. The number of benzene rings is 3. The number of nitrogens with zero attached hydrogens (tertiary/aromatic N) is 1. The van der Waals surface area contributed by atoms with Crippen molar-refractivity contribution in [2.75, 3.05) is 6.54 Å². The maximum Gasteiger partial charge on any atom is 0.329 e. The number of hydrazone groups is 1. The predicted molar refractivity (Wildman–Crippen MR) is 121 cm³/mol. The van der Waals surface area contributed by atoms with Crippen molar-refractivity contribution >= 4 is 29.6 Å². The summed E-state index contributed by atoms with van der Waals surface area (Å²) in [5.74, 6) is -0.862. The van der Waals surface area contributed by atoms with Gasteiger partial charge in [-0.05, 0) is 47.9 Å². The first kappa shape index (κ1) is 22.1. The van der Waals surface area contributed by atoms with Crippen LogP contribution in [0.1, 0.15) is 16.7 Å². The minimum absolute atomic E-state index is 0.364. The summed E-state index contributed by atoms with van der Waals surface area (Å²) in [6.45, 7) is 0.734. The molecule has 6 nitrogen and oxygen atoms in total. The summed E-state index contributed by atoms with van der Waals surface area (Å²) in [5.41, 5.74) is 4.95. The Kier molecular flexibility index (Phi) is 8.20. The predicted octanol–water partition coefficient (Wildman–Crippen LogP) is 3.73. The Morgan fingerprint density at radius 1 is 0.903 bits per heavy atom. The molecule has 3 aromatic carbocycles. The highest BCUT2D eigenvalue weighted by atomic mass is 35.5. The lowest BCUT2D eigenvalue weighted by Crippen LogP contribution is -2.38. The number of hydrogen-bond acceptors (Lipinski definition) is 4. The third kappa shape index (κ3) is 7.28. The summed E-state index contributed by atoms with van der Waals surface area (Å²) in [7, 11) is 0. The Morgan fingerprint density at radius 2 is 1.61 bits per heavy atom. The summed E-state index contributed by atoms with van der Waals surface area (Å²) >= 11 is 6.12. The van der Waals surface area contributed by atoms with Gasteiger partial charge in [0.05, 0.1) is 6.21 Å². The Hall–Kier alpha value is -3.64. The van der Waals surface area contributed by atoms with Gasteiger partial charge in [0.2, 0.25) is 0 Å². The van der Waals surface area contributed by atoms with Crippen LogP contribution < -0.4 is 15.5 Å². The first-order valence-electron chi connectivity index (χ1n) is 9.73. The van der Waals surface area contributed by atoms with Crippen LogP contribution in [0.2, 0.25) is 5.02 Å². The molecule has 7 heteroatoms. The van der Waals surface area contributed by atoms with Crippen LogP contribution in [0.3, 0.4) is 0 Å². The minimum Gasteiger partial charge on any atom is -0.489 e. The number of amides is 2. The first-order chi connectivity index (χ1) is 15.1. The maximum absolute atomic E-state index is 11.8. The normalized spacial score (nSPS) is 10.6. The van der Waals surface area contributed by atoms with E-state index in [0.717, 1.165) is 16.7 Å². The highest BCUT2D eigenvalue weighted by Crippen LogP contribution is 2.18. The molecule has 0 aliphatic heterocycles. The van der Waals surface area contributed by atoms with E-state index in [1.807, 2.05) is 54.6 Å². The summed E-state index contributed by atoms with van der Waals surface area (Å²) in [6.07, 6.45) is 2.10. The highest BCUT2D eigenvalue weighted by Gasteiger charge is 2.11. The van der Waals surface area contributed by atoms with Crippen molar-refractivity contribution in [3.8, 4) is 5.75 Å². The van der Waals surface area contributed by atoms with Gasteiger partial charge in [0.25, 0.3) is 0 Å². The van der Waals surface area contributed by atoms with E-state index in [4.69, 9.17) is 16.3 Å². The van der Waals surface area contributed by atoms with Crippen molar-refractivity contribution in [1.82, 2.24) is 10.7 Å². The smallest absolute Gasteiger partial charge is 0.329 e. The van der Waals surface area contributed by atoms with Crippen molar-refractivity contribution < 1.29 is 14.3 Å². The van der Waals surface area contributed by atoms with Gasteiger partial charge >= 0.3 is 11.8 Å². The fraction of sp³-hybridized carbons (Fsp3) is 0.125. The van der Waals surface area contributed by atoms with E-state index < -0.39 is 11.8 Å². The SMILES string of the molecule is O=C(NCCc1ccccc1)C(=O)N/N=C\c1ccc(OCc2ccccc2Cl)cc1. The van der Waals surface area contributed by atoms with Gasteiger partial charge in [-0.15, -0.1) is 0 Å². The summed E-state index contributed by atoms with van der Waals surface area (Å²) < 4.78 is 5.72. The maximum atomic E-state index is 11.8. The average molecular weight is 436 g/mol. The Balaban J connectivity index is 1.40. The zero-order chi connectivity index (χ0) is 21.9. The Labute approximate surface area is 185 Å². The lowest BCUT2D eigenvalue weighted by Gasteiger charge is -2.07. The molecule has 0 saturated heterocycles. The number of carbonyl (C=O) groups excluding carboxylic acids is 2. The van der Waals surface area contributed by atoms with Crippen molar-refractivity contribution in [2.24, 2.45) is 5.10 Å². The van der Waals surface area contributed by atoms with Gasteiger partial charge in [0.15, 0.2) is 0 Å². The fourth-order valence-electron chi connectivity index (χ4n) is 2.69. The van der Waals surface area contributed by atoms with Crippen molar-refractivity contribution in [3.05, 3.63) is 101 Å². The average Bonchev–Trinajstić information content (AvgIpc) is 2.80. The molecule has 0 fully saturated rings. The van der Waals surface area contributed by atoms with Crippen molar-refractivity contribution in [1.29, 1.82) is 0 Å². The molecule has 3 aromatic rings. The van der Waals surface area contributed by atoms with Crippen LogP contribution in [0.25, 0.3) is 0 Å². The number of nitrogens with one attached hydrogen (secondary N) is 2. The zero-order valence-electron chi connectivity index (χ0n) is 16.8. The van der Waals surface area contributed by atoms with Crippen LogP contribution >= 0.6 is 11.6 Å². The van der Waals surface area contributed by atoms with E-state index in [1.54, 1.807) is 24.3 Å². The molecule has 0 bridgehead atoms. The molecular formula is C24H22ClN3O3. The van der Waals surface area contributed by atoms with Gasteiger partial charge in [-0.2, -0.15) is 5.10 Å². The third-order valence-corrected chi connectivity index (χ3v) is 4.73. The monoisotopic (exact) mass is 435 g/mol. The topological polar surface area (TPSA) is 79.8 Å². The standard InChI is InChI=1S/C24H22ClN3O3/c25-22-9-5-4-8-20(22)17-31-21-12-10-19(11-13-21)16-27-28-24(30)23(29)26-15-14-18-6-2-1-3-7-18/h1-13,16H,14-15,17H2,(H,26,29)(H,28,30)/b27-16-. The lowest BCUT2D eigenvalue weighted by atomic mass is 10.1.